The molecule has 0 aliphatic heterocycles. The summed E-state index contributed by atoms with van der Waals surface area (Å²) < 4.78 is 0.622. The van der Waals surface area contributed by atoms with Crippen LogP contribution in [0.3, 0.4) is 0 Å². The second-order valence-electron chi connectivity index (χ2n) is 4.15. The van der Waals surface area contributed by atoms with Crippen LogP contribution in [0, 0.1) is 0 Å². The summed E-state index contributed by atoms with van der Waals surface area (Å²) in [6, 6.07) is 11.0. The lowest BCUT2D eigenvalue weighted by molar-refractivity contribution is 0.442. The molecule has 114 valence electrons. The number of aromatic hydroxyl groups is 2. The lowest BCUT2D eigenvalue weighted by atomic mass is 10.2. The summed E-state index contributed by atoms with van der Waals surface area (Å²) in [6.45, 7) is 0. The molecule has 0 saturated heterocycles. The van der Waals surface area contributed by atoms with Gasteiger partial charge in [0.15, 0.2) is 5.11 Å². The van der Waals surface area contributed by atoms with E-state index in [2.05, 4.69) is 47.7 Å². The Balaban J connectivity index is 2.03. The fourth-order valence-electron chi connectivity index (χ4n) is 1.56. The molecule has 0 spiro atoms. The molecule has 0 heterocycles. The van der Waals surface area contributed by atoms with Crippen LogP contribution < -0.4 is 10.7 Å². The van der Waals surface area contributed by atoms with E-state index in [0.717, 1.165) is 5.69 Å². The molecule has 2 aromatic carbocycles. The highest BCUT2D eigenvalue weighted by Gasteiger charge is 2.12. The number of phenols is 2. The van der Waals surface area contributed by atoms with Crippen molar-refractivity contribution in [2.75, 3.05) is 5.32 Å². The lowest BCUT2D eigenvalue weighted by Crippen LogP contribution is -2.23. The molecule has 0 unspecified atom stereocenters. The van der Waals surface area contributed by atoms with E-state index in [-0.39, 0.29) is 16.0 Å². The number of halogens is 2. The second kappa shape index (κ2) is 7.57. The fourth-order valence-corrected chi connectivity index (χ4v) is 2.88. The number of nitrogens with one attached hydrogen (secondary N) is 2. The van der Waals surface area contributed by atoms with Crippen LogP contribution in [-0.4, -0.2) is 21.5 Å². The van der Waals surface area contributed by atoms with Gasteiger partial charge in [0.25, 0.3) is 0 Å². The first-order valence-electron chi connectivity index (χ1n) is 6.04. The highest BCUT2D eigenvalue weighted by molar-refractivity contribution is 9.11. The molecule has 0 fully saturated rings. The fraction of sp³-hybridized carbons (Fsp3) is 0. The minimum atomic E-state index is -0.117. The van der Waals surface area contributed by atoms with Gasteiger partial charge in [-0.3, -0.25) is 5.43 Å². The topological polar surface area (TPSA) is 76.9 Å². The van der Waals surface area contributed by atoms with Crippen molar-refractivity contribution >= 4 is 61.1 Å². The number of anilines is 1. The van der Waals surface area contributed by atoms with Crippen molar-refractivity contribution in [3.8, 4) is 11.5 Å². The molecule has 8 heteroatoms. The molecular weight excluding hydrogens is 434 g/mol. The van der Waals surface area contributed by atoms with E-state index in [1.807, 2.05) is 30.3 Å². The normalized spacial score (nSPS) is 10.6. The molecule has 5 nitrogen and oxygen atoms in total. The Bertz CT molecular complexity index is 724. The van der Waals surface area contributed by atoms with Crippen molar-refractivity contribution in [2.45, 2.75) is 0 Å². The van der Waals surface area contributed by atoms with Crippen LogP contribution >= 0.6 is 44.1 Å². The first-order valence-corrected chi connectivity index (χ1v) is 8.03. The predicted octanol–water partition coefficient (Wildman–Crippen LogP) is 3.94. The van der Waals surface area contributed by atoms with Crippen LogP contribution in [-0.2, 0) is 0 Å². The number of thiocarbonyl (C=S) groups is 1. The maximum atomic E-state index is 9.91. The van der Waals surface area contributed by atoms with E-state index in [1.54, 1.807) is 0 Å². The Labute approximate surface area is 149 Å². The molecule has 4 N–H and O–H groups in total. The number of hydrogen-bond acceptors (Lipinski definition) is 4. The van der Waals surface area contributed by atoms with Gasteiger partial charge in [0.1, 0.15) is 16.0 Å². The quantitative estimate of drug-likeness (QED) is 0.327. The standard InChI is InChI=1S/C14H11Br2N3O2S/c15-10-6-8(12(20)11(16)13(10)21)7-17-19-14(22)18-9-4-2-1-3-5-9/h1-7,20-21H,(H2,18,19,22). The van der Waals surface area contributed by atoms with Gasteiger partial charge in [-0.25, -0.2) is 0 Å². The smallest absolute Gasteiger partial charge is 0.191 e. The Morgan fingerprint density at radius 2 is 1.82 bits per heavy atom. The SMILES string of the molecule is Oc1c(Br)cc(C=NNC(=S)Nc2ccccc2)c(O)c1Br. The average molecular weight is 445 g/mol. The first-order chi connectivity index (χ1) is 10.5. The van der Waals surface area contributed by atoms with E-state index in [1.165, 1.54) is 12.3 Å². The Kier molecular flexibility index (Phi) is 5.76. The minimum absolute atomic E-state index is 0.0797. The zero-order valence-electron chi connectivity index (χ0n) is 11.0. The van der Waals surface area contributed by atoms with Gasteiger partial charge < -0.3 is 15.5 Å². The summed E-state index contributed by atoms with van der Waals surface area (Å²) in [6.07, 6.45) is 1.39. The number of nitrogens with zero attached hydrogens (tertiary/aromatic N) is 1. The van der Waals surface area contributed by atoms with Crippen molar-refractivity contribution in [3.05, 3.63) is 50.9 Å². The molecule has 0 radical (unpaired) electrons. The van der Waals surface area contributed by atoms with Gasteiger partial charge >= 0.3 is 0 Å². The van der Waals surface area contributed by atoms with Gasteiger partial charge in [-0.05, 0) is 62.3 Å². The Morgan fingerprint density at radius 3 is 2.50 bits per heavy atom. The zero-order valence-corrected chi connectivity index (χ0v) is 15.0. The van der Waals surface area contributed by atoms with Crippen LogP contribution in [0.4, 0.5) is 5.69 Å². The third-order valence-corrected chi connectivity index (χ3v) is 4.15. The van der Waals surface area contributed by atoms with E-state index < -0.39 is 0 Å². The number of rotatable bonds is 3. The van der Waals surface area contributed by atoms with Crippen molar-refractivity contribution in [2.24, 2.45) is 5.10 Å². The summed E-state index contributed by atoms with van der Waals surface area (Å²) in [5.74, 6) is -0.197. The van der Waals surface area contributed by atoms with Crippen LogP contribution in [0.5, 0.6) is 11.5 Å². The predicted molar refractivity (Wildman–Crippen MR) is 98.6 cm³/mol. The van der Waals surface area contributed by atoms with E-state index >= 15 is 0 Å². The number of benzene rings is 2. The van der Waals surface area contributed by atoms with Gasteiger partial charge in [0.2, 0.25) is 0 Å². The highest BCUT2D eigenvalue weighted by atomic mass is 79.9. The molecule has 0 aliphatic rings. The van der Waals surface area contributed by atoms with Gasteiger partial charge in [-0.15, -0.1) is 0 Å². The molecule has 0 bridgehead atoms. The maximum absolute atomic E-state index is 9.91. The molecule has 0 saturated carbocycles. The summed E-state index contributed by atoms with van der Waals surface area (Å²) in [7, 11) is 0. The zero-order chi connectivity index (χ0) is 16.1. The van der Waals surface area contributed by atoms with Crippen molar-refractivity contribution in [1.82, 2.24) is 5.43 Å². The number of hydrogen-bond donors (Lipinski definition) is 4. The van der Waals surface area contributed by atoms with E-state index in [9.17, 15) is 10.2 Å². The minimum Gasteiger partial charge on any atom is -0.506 e. The second-order valence-corrected chi connectivity index (χ2v) is 6.20. The van der Waals surface area contributed by atoms with Gasteiger partial charge in [-0.2, -0.15) is 5.10 Å². The number of phenolic OH excluding ortho intramolecular Hbond substituents is 2. The number of hydrazone groups is 1. The largest absolute Gasteiger partial charge is 0.506 e. The summed E-state index contributed by atoms with van der Waals surface area (Å²) in [4.78, 5) is 0. The summed E-state index contributed by atoms with van der Waals surface area (Å²) in [5.41, 5.74) is 3.90. The highest BCUT2D eigenvalue weighted by Crippen LogP contribution is 2.40. The molecule has 0 aliphatic carbocycles. The molecule has 22 heavy (non-hydrogen) atoms. The third kappa shape index (κ3) is 4.19. The van der Waals surface area contributed by atoms with Crippen LogP contribution in [0.1, 0.15) is 5.56 Å². The average Bonchev–Trinajstić information content (AvgIpc) is 2.51. The van der Waals surface area contributed by atoms with Crippen LogP contribution in [0.25, 0.3) is 0 Å². The maximum Gasteiger partial charge on any atom is 0.191 e. The molecule has 0 atom stereocenters. The van der Waals surface area contributed by atoms with Crippen molar-refractivity contribution in [1.29, 1.82) is 0 Å². The number of para-hydroxylation sites is 1. The molecule has 2 aromatic rings. The molecular formula is C14H11Br2N3O2S. The van der Waals surface area contributed by atoms with Gasteiger partial charge in [0.05, 0.1) is 10.7 Å². The summed E-state index contributed by atoms with van der Waals surface area (Å²) in [5, 5.41) is 26.8. The lowest BCUT2D eigenvalue weighted by Gasteiger charge is -2.08. The molecule has 0 aromatic heterocycles. The first kappa shape index (κ1) is 16.7. The molecule has 0 amide bonds. The Morgan fingerprint density at radius 1 is 1.14 bits per heavy atom. The summed E-state index contributed by atoms with van der Waals surface area (Å²) >= 11 is 11.4. The van der Waals surface area contributed by atoms with Crippen LogP contribution in [0.2, 0.25) is 0 Å². The van der Waals surface area contributed by atoms with Gasteiger partial charge in [0, 0.05) is 11.3 Å². The molecule has 2 rings (SSSR count). The van der Waals surface area contributed by atoms with Crippen molar-refractivity contribution < 1.29 is 10.2 Å². The van der Waals surface area contributed by atoms with E-state index in [0.29, 0.717) is 15.1 Å². The third-order valence-electron chi connectivity index (χ3n) is 2.60. The van der Waals surface area contributed by atoms with Crippen LogP contribution in [0.15, 0.2) is 50.4 Å². The van der Waals surface area contributed by atoms with Crippen molar-refractivity contribution in [3.63, 3.8) is 0 Å². The monoisotopic (exact) mass is 443 g/mol. The van der Waals surface area contributed by atoms with E-state index in [4.69, 9.17) is 12.2 Å². The van der Waals surface area contributed by atoms with Gasteiger partial charge in [-0.1, -0.05) is 18.2 Å². The Hall–Kier alpha value is -1.64.